The summed E-state index contributed by atoms with van der Waals surface area (Å²) in [4.78, 5) is 4.11. The molecule has 3 nitrogen and oxygen atoms in total. The predicted octanol–water partition coefficient (Wildman–Crippen LogP) is 6.79. The van der Waals surface area contributed by atoms with E-state index in [0.717, 1.165) is 22.4 Å². The van der Waals surface area contributed by atoms with Crippen LogP contribution >= 0.6 is 23.2 Å². The first-order valence-electron chi connectivity index (χ1n) is 9.30. The molecule has 1 heterocycles. The molecular weight excluding hydrogens is 403 g/mol. The van der Waals surface area contributed by atoms with E-state index in [1.165, 1.54) is 5.56 Å². The number of hydrogen-bond donors (Lipinski definition) is 0. The van der Waals surface area contributed by atoms with E-state index in [4.69, 9.17) is 27.9 Å². The van der Waals surface area contributed by atoms with Crippen molar-refractivity contribution in [1.82, 2.24) is 9.55 Å². The molecule has 146 valence electrons. The minimum absolute atomic E-state index is 0.209. The lowest BCUT2D eigenvalue weighted by atomic mass is 10.00. The van der Waals surface area contributed by atoms with Gasteiger partial charge < -0.3 is 9.30 Å². The van der Waals surface area contributed by atoms with Crippen LogP contribution in [0.1, 0.15) is 28.4 Å². The van der Waals surface area contributed by atoms with Crippen molar-refractivity contribution in [3.05, 3.63) is 118 Å². The van der Waals surface area contributed by atoms with E-state index in [1.54, 1.807) is 18.6 Å². The SMILES string of the molecule is Cc1ccc(C(OCc2ccc(Cl)cc2Cl)c2ccc(-n3ccnc3)cc2)cc1. The van der Waals surface area contributed by atoms with Crippen LogP contribution in [0.15, 0.2) is 85.5 Å². The van der Waals surface area contributed by atoms with Crippen molar-refractivity contribution in [2.75, 3.05) is 0 Å². The summed E-state index contributed by atoms with van der Waals surface area (Å²) in [5.74, 6) is 0. The van der Waals surface area contributed by atoms with Crippen molar-refractivity contribution < 1.29 is 4.74 Å². The molecule has 0 saturated heterocycles. The molecule has 0 aliphatic carbocycles. The third-order valence-electron chi connectivity index (χ3n) is 4.80. The van der Waals surface area contributed by atoms with Crippen LogP contribution in [0.5, 0.6) is 0 Å². The van der Waals surface area contributed by atoms with Crippen LogP contribution in [-0.2, 0) is 11.3 Å². The summed E-state index contributed by atoms with van der Waals surface area (Å²) in [6.07, 6.45) is 5.26. The number of aromatic nitrogens is 2. The normalized spacial score (nSPS) is 12.1. The zero-order valence-corrected chi connectivity index (χ0v) is 17.4. The third kappa shape index (κ3) is 4.70. The third-order valence-corrected chi connectivity index (χ3v) is 5.39. The second-order valence-corrected chi connectivity index (χ2v) is 7.74. The first kappa shape index (κ1) is 19.7. The lowest BCUT2D eigenvalue weighted by Gasteiger charge is -2.20. The van der Waals surface area contributed by atoms with Crippen molar-refractivity contribution in [2.24, 2.45) is 0 Å². The zero-order chi connectivity index (χ0) is 20.2. The molecule has 5 heteroatoms. The monoisotopic (exact) mass is 422 g/mol. The van der Waals surface area contributed by atoms with E-state index in [-0.39, 0.29) is 6.10 Å². The van der Waals surface area contributed by atoms with Gasteiger partial charge in [0.1, 0.15) is 6.10 Å². The van der Waals surface area contributed by atoms with Crippen LogP contribution in [-0.4, -0.2) is 9.55 Å². The Morgan fingerprint density at radius 3 is 2.24 bits per heavy atom. The summed E-state index contributed by atoms with van der Waals surface area (Å²) in [6.45, 7) is 2.46. The maximum atomic E-state index is 6.34. The fraction of sp³-hybridized carbons (Fsp3) is 0.125. The van der Waals surface area contributed by atoms with Crippen molar-refractivity contribution in [3.8, 4) is 5.69 Å². The topological polar surface area (TPSA) is 27.1 Å². The van der Waals surface area contributed by atoms with Crippen LogP contribution in [0.2, 0.25) is 10.0 Å². The molecule has 0 saturated carbocycles. The number of aryl methyl sites for hydroxylation is 1. The first-order chi connectivity index (χ1) is 14.1. The molecule has 3 aromatic carbocycles. The molecule has 0 N–H and O–H groups in total. The van der Waals surface area contributed by atoms with Gasteiger partial charge in [0.2, 0.25) is 0 Å². The van der Waals surface area contributed by atoms with Gasteiger partial charge in [-0.05, 0) is 47.9 Å². The van der Waals surface area contributed by atoms with Crippen LogP contribution in [0.4, 0.5) is 0 Å². The largest absolute Gasteiger partial charge is 0.364 e. The van der Waals surface area contributed by atoms with E-state index in [9.17, 15) is 0 Å². The number of hydrogen-bond acceptors (Lipinski definition) is 2. The quantitative estimate of drug-likeness (QED) is 0.341. The molecule has 0 aliphatic rings. The minimum Gasteiger partial charge on any atom is -0.364 e. The van der Waals surface area contributed by atoms with Gasteiger partial charge in [0.15, 0.2) is 0 Å². The molecule has 1 unspecified atom stereocenters. The fourth-order valence-corrected chi connectivity index (χ4v) is 3.63. The van der Waals surface area contributed by atoms with Gasteiger partial charge >= 0.3 is 0 Å². The van der Waals surface area contributed by atoms with Gasteiger partial charge in [0.05, 0.1) is 12.9 Å². The molecule has 0 spiro atoms. The molecule has 0 fully saturated rings. The number of halogens is 2. The van der Waals surface area contributed by atoms with Crippen molar-refractivity contribution >= 4 is 23.2 Å². The molecule has 1 aromatic heterocycles. The average molecular weight is 423 g/mol. The fourth-order valence-electron chi connectivity index (χ4n) is 3.17. The Kier molecular flexibility index (Phi) is 6.00. The van der Waals surface area contributed by atoms with Gasteiger partial charge in [-0.1, -0.05) is 71.2 Å². The van der Waals surface area contributed by atoms with Crippen LogP contribution < -0.4 is 0 Å². The van der Waals surface area contributed by atoms with Gasteiger partial charge in [0.25, 0.3) is 0 Å². The lowest BCUT2D eigenvalue weighted by molar-refractivity contribution is 0.0668. The summed E-state index contributed by atoms with van der Waals surface area (Å²) in [5, 5.41) is 1.22. The first-order valence-corrected chi connectivity index (χ1v) is 10.1. The van der Waals surface area contributed by atoms with Crippen LogP contribution in [0.25, 0.3) is 5.69 Å². The highest BCUT2D eigenvalue weighted by atomic mass is 35.5. The smallest absolute Gasteiger partial charge is 0.108 e. The van der Waals surface area contributed by atoms with Crippen LogP contribution in [0.3, 0.4) is 0 Å². The molecule has 0 aliphatic heterocycles. The summed E-state index contributed by atoms with van der Waals surface area (Å²) in [5.41, 5.74) is 5.33. The number of imidazole rings is 1. The number of rotatable bonds is 6. The van der Waals surface area contributed by atoms with E-state index in [1.807, 2.05) is 22.9 Å². The predicted molar refractivity (Wildman–Crippen MR) is 118 cm³/mol. The van der Waals surface area contributed by atoms with E-state index in [2.05, 4.69) is 60.4 Å². The molecule has 4 rings (SSSR count). The molecule has 0 radical (unpaired) electrons. The number of nitrogens with zero attached hydrogens (tertiary/aromatic N) is 2. The Hall–Kier alpha value is -2.59. The van der Waals surface area contributed by atoms with E-state index >= 15 is 0 Å². The van der Waals surface area contributed by atoms with Gasteiger partial charge in [-0.25, -0.2) is 4.98 Å². The van der Waals surface area contributed by atoms with E-state index < -0.39 is 0 Å². The van der Waals surface area contributed by atoms with Gasteiger partial charge in [0, 0.05) is 28.1 Å². The van der Waals surface area contributed by atoms with Crippen molar-refractivity contribution in [2.45, 2.75) is 19.6 Å². The van der Waals surface area contributed by atoms with Crippen molar-refractivity contribution in [1.29, 1.82) is 0 Å². The number of ether oxygens (including phenoxy) is 1. The molecular formula is C24H20Cl2N2O. The second kappa shape index (κ2) is 8.83. The highest BCUT2D eigenvalue weighted by molar-refractivity contribution is 6.35. The Labute approximate surface area is 180 Å². The maximum Gasteiger partial charge on any atom is 0.108 e. The summed E-state index contributed by atoms with van der Waals surface area (Å²) in [7, 11) is 0. The Bertz CT molecular complexity index is 1080. The van der Waals surface area contributed by atoms with Gasteiger partial charge in [-0.2, -0.15) is 0 Å². The average Bonchev–Trinajstić information content (AvgIpc) is 3.26. The zero-order valence-electron chi connectivity index (χ0n) is 15.9. The Balaban J connectivity index is 1.62. The molecule has 4 aromatic rings. The van der Waals surface area contributed by atoms with Crippen LogP contribution in [0, 0.1) is 6.92 Å². The highest BCUT2D eigenvalue weighted by Gasteiger charge is 2.16. The molecule has 0 bridgehead atoms. The van der Waals surface area contributed by atoms with E-state index in [0.29, 0.717) is 16.7 Å². The Morgan fingerprint density at radius 2 is 1.62 bits per heavy atom. The summed E-state index contributed by atoms with van der Waals surface area (Å²) >= 11 is 12.3. The molecule has 0 amide bonds. The van der Waals surface area contributed by atoms with Gasteiger partial charge in [-0.3, -0.25) is 0 Å². The molecule has 1 atom stereocenters. The standard InChI is InChI=1S/C24H20Cl2N2O/c1-17-2-4-18(5-3-17)24(29-15-20-6-9-21(25)14-23(20)26)19-7-10-22(11-8-19)28-13-12-27-16-28/h2-14,16,24H,15H2,1H3. The van der Waals surface area contributed by atoms with Crippen molar-refractivity contribution in [3.63, 3.8) is 0 Å². The summed E-state index contributed by atoms with van der Waals surface area (Å²) < 4.78 is 8.32. The minimum atomic E-state index is -0.209. The molecule has 29 heavy (non-hydrogen) atoms. The maximum absolute atomic E-state index is 6.34. The second-order valence-electron chi connectivity index (χ2n) is 6.90. The Morgan fingerprint density at radius 1 is 0.931 bits per heavy atom. The van der Waals surface area contributed by atoms with Gasteiger partial charge in [-0.15, -0.1) is 0 Å². The highest BCUT2D eigenvalue weighted by Crippen LogP contribution is 2.30. The summed E-state index contributed by atoms with van der Waals surface area (Å²) in [6, 6.07) is 22.2. The lowest BCUT2D eigenvalue weighted by Crippen LogP contribution is -2.07. The number of benzene rings is 3.